The number of rotatable bonds is 4. The molecule has 2 N–H and O–H groups in total. The van der Waals surface area contributed by atoms with Gasteiger partial charge in [-0.3, -0.25) is 9.79 Å². The van der Waals surface area contributed by atoms with Gasteiger partial charge in [-0.05, 0) is 48.1 Å². The molecule has 3 aliphatic rings. The van der Waals surface area contributed by atoms with Gasteiger partial charge in [0.15, 0.2) is 0 Å². The second-order valence-electron chi connectivity index (χ2n) is 6.79. The lowest BCUT2D eigenvalue weighted by atomic mass is 9.85. The zero-order valence-corrected chi connectivity index (χ0v) is 14.8. The lowest BCUT2D eigenvalue weighted by Gasteiger charge is -2.27. The molecule has 0 aromatic heterocycles. The smallest absolute Gasteiger partial charge is 0.307 e. The van der Waals surface area contributed by atoms with Crippen LogP contribution in [0.1, 0.15) is 31.2 Å². The Balaban J connectivity index is 1.57. The number of hydrogen-bond donors (Lipinski definition) is 2. The van der Waals surface area contributed by atoms with E-state index in [1.54, 1.807) is 0 Å². The molecule has 1 fully saturated rings. The highest BCUT2D eigenvalue weighted by Crippen LogP contribution is 2.43. The van der Waals surface area contributed by atoms with E-state index in [1.165, 1.54) is 6.08 Å². The Morgan fingerprint density at radius 1 is 1.35 bits per heavy atom. The SMILES string of the molecule is O=C(O)Cc1ccccc1NC1CCC2=NC3=C(Cl)C=C(F)CC3=C2C1. The van der Waals surface area contributed by atoms with Crippen LogP contribution in [-0.2, 0) is 11.2 Å². The zero-order chi connectivity index (χ0) is 18.3. The van der Waals surface area contributed by atoms with E-state index in [-0.39, 0.29) is 24.7 Å². The minimum atomic E-state index is -0.855. The van der Waals surface area contributed by atoms with Crippen molar-refractivity contribution in [1.29, 1.82) is 0 Å². The van der Waals surface area contributed by atoms with E-state index < -0.39 is 5.97 Å². The number of nitrogens with one attached hydrogen (secondary N) is 1. The summed E-state index contributed by atoms with van der Waals surface area (Å²) in [7, 11) is 0. The van der Waals surface area contributed by atoms with Crippen LogP contribution in [-0.4, -0.2) is 22.8 Å². The first kappa shape index (κ1) is 17.0. The first-order valence-electron chi connectivity index (χ1n) is 8.63. The van der Waals surface area contributed by atoms with Crippen LogP contribution >= 0.6 is 11.6 Å². The van der Waals surface area contributed by atoms with Gasteiger partial charge in [0.05, 0.1) is 17.2 Å². The molecule has 1 heterocycles. The highest BCUT2D eigenvalue weighted by molar-refractivity contribution is 6.32. The predicted octanol–water partition coefficient (Wildman–Crippen LogP) is 4.74. The number of halogens is 2. The second kappa shape index (κ2) is 6.72. The number of carboxylic acid groups (broad SMARTS) is 1. The minimum Gasteiger partial charge on any atom is -0.481 e. The number of carboxylic acids is 1. The van der Waals surface area contributed by atoms with Crippen molar-refractivity contribution in [2.24, 2.45) is 4.99 Å². The van der Waals surface area contributed by atoms with E-state index in [0.717, 1.165) is 47.4 Å². The van der Waals surface area contributed by atoms with Crippen molar-refractivity contribution in [2.75, 3.05) is 5.32 Å². The lowest BCUT2D eigenvalue weighted by Crippen LogP contribution is -2.28. The summed E-state index contributed by atoms with van der Waals surface area (Å²) in [5.41, 5.74) is 5.31. The van der Waals surface area contributed by atoms with Gasteiger partial charge in [-0.25, -0.2) is 4.39 Å². The molecule has 4 nitrogen and oxygen atoms in total. The van der Waals surface area contributed by atoms with Crippen molar-refractivity contribution >= 4 is 29.0 Å². The molecule has 0 bridgehead atoms. The summed E-state index contributed by atoms with van der Waals surface area (Å²) in [4.78, 5) is 15.7. The van der Waals surface area contributed by atoms with Gasteiger partial charge in [-0.1, -0.05) is 29.8 Å². The fraction of sp³-hybridized carbons (Fsp3) is 0.300. The Hall–Kier alpha value is -2.40. The summed E-state index contributed by atoms with van der Waals surface area (Å²) in [6, 6.07) is 7.61. The van der Waals surface area contributed by atoms with Gasteiger partial charge in [-0.2, -0.15) is 0 Å². The number of carbonyl (C=O) groups is 1. The molecule has 134 valence electrons. The van der Waals surface area contributed by atoms with Gasteiger partial charge in [0.2, 0.25) is 0 Å². The van der Waals surface area contributed by atoms with Crippen LogP contribution in [0.25, 0.3) is 0 Å². The molecule has 1 aromatic rings. The lowest BCUT2D eigenvalue weighted by molar-refractivity contribution is -0.136. The zero-order valence-electron chi connectivity index (χ0n) is 14.1. The van der Waals surface area contributed by atoms with Crippen LogP contribution in [0.15, 0.2) is 63.0 Å². The molecule has 4 rings (SSSR count). The average molecular weight is 373 g/mol. The van der Waals surface area contributed by atoms with E-state index in [2.05, 4.69) is 10.3 Å². The summed E-state index contributed by atoms with van der Waals surface area (Å²) in [5, 5.41) is 12.9. The molecule has 1 atom stereocenters. The molecule has 6 heteroatoms. The number of allylic oxidation sites excluding steroid dienone is 4. The number of hydrogen-bond acceptors (Lipinski definition) is 3. The predicted molar refractivity (Wildman–Crippen MR) is 100 cm³/mol. The molecule has 26 heavy (non-hydrogen) atoms. The number of aliphatic carboxylic acids is 1. The Morgan fingerprint density at radius 2 is 2.15 bits per heavy atom. The standard InChI is InChI=1S/C20H18ClFN2O2/c21-16-9-12(22)8-15-14-10-13(5-6-18(14)24-20(15)16)23-17-4-2-1-3-11(17)7-19(25)26/h1-4,9,13,23H,5-8,10H2,(H,25,26). The van der Waals surface area contributed by atoms with E-state index in [1.807, 2.05) is 24.3 Å². The van der Waals surface area contributed by atoms with Crippen molar-refractivity contribution in [3.63, 3.8) is 0 Å². The van der Waals surface area contributed by atoms with Gasteiger partial charge in [-0.15, -0.1) is 0 Å². The molecular weight excluding hydrogens is 355 g/mol. The van der Waals surface area contributed by atoms with Crippen LogP contribution in [0.2, 0.25) is 0 Å². The maximum Gasteiger partial charge on any atom is 0.307 e. The van der Waals surface area contributed by atoms with Crippen molar-refractivity contribution in [2.45, 2.75) is 38.1 Å². The fourth-order valence-corrected chi connectivity index (χ4v) is 4.10. The third-order valence-electron chi connectivity index (χ3n) is 5.00. The van der Waals surface area contributed by atoms with Crippen molar-refractivity contribution in [3.05, 3.63) is 63.6 Å². The monoisotopic (exact) mass is 372 g/mol. The molecule has 0 spiro atoms. The Bertz CT molecular complexity index is 914. The first-order valence-corrected chi connectivity index (χ1v) is 9.01. The van der Waals surface area contributed by atoms with Crippen molar-refractivity contribution in [3.8, 4) is 0 Å². The molecule has 1 saturated carbocycles. The molecular formula is C20H18ClFN2O2. The maximum atomic E-state index is 13.8. The fourth-order valence-electron chi connectivity index (χ4n) is 3.83. The Morgan fingerprint density at radius 3 is 2.96 bits per heavy atom. The molecule has 1 unspecified atom stereocenters. The van der Waals surface area contributed by atoms with Crippen LogP contribution in [0.5, 0.6) is 0 Å². The summed E-state index contributed by atoms with van der Waals surface area (Å²) >= 11 is 6.16. The third-order valence-corrected chi connectivity index (χ3v) is 5.29. The number of benzene rings is 1. The quantitative estimate of drug-likeness (QED) is 0.802. The molecule has 1 aliphatic heterocycles. The van der Waals surface area contributed by atoms with E-state index in [0.29, 0.717) is 10.7 Å². The second-order valence-corrected chi connectivity index (χ2v) is 7.20. The highest BCUT2D eigenvalue weighted by atomic mass is 35.5. The summed E-state index contributed by atoms with van der Waals surface area (Å²) in [6.07, 6.45) is 3.99. The van der Waals surface area contributed by atoms with Crippen LogP contribution in [0, 0.1) is 0 Å². The normalized spacial score (nSPS) is 21.8. The van der Waals surface area contributed by atoms with E-state index in [4.69, 9.17) is 16.7 Å². The largest absolute Gasteiger partial charge is 0.481 e. The Kier molecular flexibility index (Phi) is 4.41. The molecule has 0 saturated heterocycles. The van der Waals surface area contributed by atoms with Crippen molar-refractivity contribution in [1.82, 2.24) is 0 Å². The van der Waals surface area contributed by atoms with Gasteiger partial charge in [0.25, 0.3) is 0 Å². The van der Waals surface area contributed by atoms with Crippen molar-refractivity contribution < 1.29 is 14.3 Å². The van der Waals surface area contributed by atoms with Gasteiger partial charge < -0.3 is 10.4 Å². The molecule has 2 aliphatic carbocycles. The van der Waals surface area contributed by atoms with Gasteiger partial charge in [0.1, 0.15) is 5.83 Å². The highest BCUT2D eigenvalue weighted by Gasteiger charge is 2.33. The van der Waals surface area contributed by atoms with Crippen LogP contribution in [0.4, 0.5) is 10.1 Å². The van der Waals surface area contributed by atoms with Gasteiger partial charge in [0, 0.05) is 23.9 Å². The summed E-state index contributed by atoms with van der Waals surface area (Å²) in [6.45, 7) is 0. The first-order chi connectivity index (χ1) is 12.5. The average Bonchev–Trinajstić information content (AvgIpc) is 2.95. The maximum absolute atomic E-state index is 13.8. The third kappa shape index (κ3) is 3.19. The molecule has 0 radical (unpaired) electrons. The van der Waals surface area contributed by atoms with Crippen LogP contribution in [0.3, 0.4) is 0 Å². The number of nitrogens with zero attached hydrogens (tertiary/aromatic N) is 1. The summed E-state index contributed by atoms with van der Waals surface area (Å²) in [5.74, 6) is -1.09. The number of anilines is 1. The molecule has 0 amide bonds. The van der Waals surface area contributed by atoms with E-state index >= 15 is 0 Å². The van der Waals surface area contributed by atoms with Gasteiger partial charge >= 0.3 is 5.97 Å². The van der Waals surface area contributed by atoms with E-state index in [9.17, 15) is 9.18 Å². The molecule has 1 aromatic carbocycles. The van der Waals surface area contributed by atoms with Crippen LogP contribution < -0.4 is 5.32 Å². The topological polar surface area (TPSA) is 61.7 Å². The number of fused-ring (bicyclic) bond motifs is 2. The number of para-hydroxylation sites is 1. The minimum absolute atomic E-state index is 0.0188. The summed E-state index contributed by atoms with van der Waals surface area (Å²) < 4.78 is 13.8. The number of aliphatic imine (C=N–C) groups is 1. The Labute approximate surface area is 155 Å².